The minimum absolute atomic E-state index is 0.0376. The summed E-state index contributed by atoms with van der Waals surface area (Å²) < 4.78 is 35.6. The molecule has 0 aliphatic carbocycles. The number of nitrogens with one attached hydrogen (secondary N) is 1. The Balaban J connectivity index is 0.00000323. The van der Waals surface area contributed by atoms with Crippen molar-refractivity contribution in [2.75, 3.05) is 33.4 Å². The van der Waals surface area contributed by atoms with Gasteiger partial charge in [-0.25, -0.2) is 13.6 Å². The van der Waals surface area contributed by atoms with Crippen LogP contribution >= 0.6 is 0 Å². The molecule has 3 rings (SSSR count). The van der Waals surface area contributed by atoms with Crippen LogP contribution in [0.4, 0.5) is 8.78 Å². The Hall–Kier alpha value is -4.17. The van der Waals surface area contributed by atoms with E-state index in [0.717, 1.165) is 30.4 Å². The zero-order chi connectivity index (χ0) is 41.4. The van der Waals surface area contributed by atoms with E-state index in [1.165, 1.54) is 4.90 Å². The van der Waals surface area contributed by atoms with Crippen molar-refractivity contribution < 1.29 is 38.1 Å². The molecule has 11 nitrogen and oxygen atoms in total. The minimum atomic E-state index is -1.19. The van der Waals surface area contributed by atoms with Crippen LogP contribution < -0.4 is 16.8 Å². The summed E-state index contributed by atoms with van der Waals surface area (Å²) >= 11 is 0. The fourth-order valence-electron chi connectivity index (χ4n) is 5.54. The van der Waals surface area contributed by atoms with E-state index < -0.39 is 59.6 Å². The van der Waals surface area contributed by atoms with Crippen molar-refractivity contribution in [2.45, 2.75) is 106 Å². The van der Waals surface area contributed by atoms with Gasteiger partial charge in [-0.05, 0) is 74.4 Å². The van der Waals surface area contributed by atoms with Gasteiger partial charge in [0.15, 0.2) is 0 Å². The highest BCUT2D eigenvalue weighted by atomic mass is 19.1. The third-order valence-corrected chi connectivity index (χ3v) is 8.10. The topological polar surface area (TPSA) is 173 Å². The summed E-state index contributed by atoms with van der Waals surface area (Å²) in [6.45, 7) is 16.4. The second kappa shape index (κ2) is 26.6. The number of carboxylic acid groups (broad SMARTS) is 1. The zero-order valence-electron chi connectivity index (χ0n) is 33.7. The number of carbonyl (C=O) groups is 3. The van der Waals surface area contributed by atoms with Gasteiger partial charge in [0.2, 0.25) is 11.8 Å². The lowest BCUT2D eigenvalue weighted by molar-refractivity contribution is -0.142. The molecule has 1 aromatic heterocycles. The number of halogens is 2. The Morgan fingerprint density at radius 3 is 2.11 bits per heavy atom. The van der Waals surface area contributed by atoms with Crippen LogP contribution in [-0.4, -0.2) is 83.0 Å². The lowest BCUT2D eigenvalue weighted by Crippen LogP contribution is -2.50. The highest BCUT2D eigenvalue weighted by Gasteiger charge is 2.37. The lowest BCUT2D eigenvalue weighted by Gasteiger charge is -2.41. The van der Waals surface area contributed by atoms with E-state index in [1.807, 2.05) is 90.3 Å². The highest BCUT2D eigenvalue weighted by molar-refractivity contribution is 5.86. The van der Waals surface area contributed by atoms with Gasteiger partial charge < -0.3 is 41.2 Å². The van der Waals surface area contributed by atoms with Crippen molar-refractivity contribution in [1.82, 2.24) is 14.8 Å². The molecule has 13 heteroatoms. The van der Waals surface area contributed by atoms with Crippen LogP contribution in [0.15, 0.2) is 60.8 Å². The molecule has 0 radical (unpaired) electrons. The average molecular weight is 762 g/mol. The van der Waals surface area contributed by atoms with Crippen LogP contribution in [0.5, 0.6) is 0 Å². The lowest BCUT2D eigenvalue weighted by atomic mass is 9.82. The van der Waals surface area contributed by atoms with E-state index in [0.29, 0.717) is 37.2 Å². The number of aliphatic hydroxyl groups excluding tert-OH is 1. The largest absolute Gasteiger partial charge is 0.480 e. The number of hydrogen-bond acceptors (Lipinski definition) is 7. The summed E-state index contributed by atoms with van der Waals surface area (Å²) in [4.78, 5) is 39.4. The quantitative estimate of drug-likeness (QED) is 0.0969. The van der Waals surface area contributed by atoms with E-state index in [2.05, 4.69) is 10.1 Å². The molecule has 0 saturated carbocycles. The molecule has 0 bridgehead atoms. The number of nitrogens with zero attached hydrogens (tertiary/aromatic N) is 2. The summed E-state index contributed by atoms with van der Waals surface area (Å²) in [6.07, 6.45) is 2.98. The number of carbonyl (C=O) groups excluding carboxylic acids is 2. The first-order valence-corrected chi connectivity index (χ1v) is 18.8. The van der Waals surface area contributed by atoms with Crippen molar-refractivity contribution in [3.63, 3.8) is 0 Å². The van der Waals surface area contributed by atoms with Crippen LogP contribution in [0, 0.1) is 17.0 Å². The number of rotatable bonds is 17. The predicted octanol–water partition coefficient (Wildman–Crippen LogP) is 6.51. The van der Waals surface area contributed by atoms with Crippen molar-refractivity contribution in [3.05, 3.63) is 83.7 Å². The van der Waals surface area contributed by atoms with Crippen molar-refractivity contribution >= 4 is 17.8 Å². The number of methoxy groups -OCH3 is 1. The minimum Gasteiger partial charge on any atom is -0.480 e. The molecule has 2 aromatic carbocycles. The number of benzene rings is 2. The van der Waals surface area contributed by atoms with E-state index in [-0.39, 0.29) is 24.9 Å². The molecule has 3 unspecified atom stereocenters. The van der Waals surface area contributed by atoms with Crippen molar-refractivity contribution in [3.8, 4) is 11.1 Å². The summed E-state index contributed by atoms with van der Waals surface area (Å²) in [5.41, 5.74) is 13.0. The van der Waals surface area contributed by atoms with E-state index >= 15 is 0 Å². The molecule has 3 atom stereocenters. The van der Waals surface area contributed by atoms with Gasteiger partial charge in [0, 0.05) is 49.8 Å². The third-order valence-electron chi connectivity index (χ3n) is 8.10. The Labute approximate surface area is 321 Å². The van der Waals surface area contributed by atoms with Crippen LogP contribution in [0.1, 0.15) is 98.4 Å². The van der Waals surface area contributed by atoms with Crippen LogP contribution in [0.25, 0.3) is 11.1 Å². The maximum absolute atomic E-state index is 14.9. The van der Waals surface area contributed by atoms with Crippen LogP contribution in [0.3, 0.4) is 0 Å². The number of aliphatic carboxylic acids is 1. The van der Waals surface area contributed by atoms with Crippen molar-refractivity contribution in [2.24, 2.45) is 16.9 Å². The molecule has 3 aromatic rings. The van der Waals surface area contributed by atoms with Gasteiger partial charge in [-0.2, -0.15) is 0 Å². The maximum Gasteiger partial charge on any atom is 0.326 e. The van der Waals surface area contributed by atoms with Gasteiger partial charge >= 0.3 is 5.97 Å². The third kappa shape index (κ3) is 16.5. The van der Waals surface area contributed by atoms with Gasteiger partial charge in [-0.1, -0.05) is 78.8 Å². The monoisotopic (exact) mass is 761 g/mol. The molecule has 0 spiro atoms. The number of unbranched alkanes of at least 4 members (excludes halogenated alkanes) is 1. The Bertz CT molecular complexity index is 1510. The first kappa shape index (κ1) is 49.8. The predicted molar refractivity (Wildman–Crippen MR) is 212 cm³/mol. The first-order valence-electron chi connectivity index (χ1n) is 18.8. The van der Waals surface area contributed by atoms with E-state index in [1.54, 1.807) is 19.4 Å². The van der Waals surface area contributed by atoms with Gasteiger partial charge in [0.1, 0.15) is 24.3 Å². The normalized spacial score (nSPS) is 12.3. The van der Waals surface area contributed by atoms with Gasteiger partial charge in [0.25, 0.3) is 0 Å². The Morgan fingerprint density at radius 2 is 1.59 bits per heavy atom. The van der Waals surface area contributed by atoms with E-state index in [4.69, 9.17) is 11.5 Å². The average Bonchev–Trinajstić information content (AvgIpc) is 3.56. The molecule has 0 fully saturated rings. The second-order valence-electron chi connectivity index (χ2n) is 13.1. The zero-order valence-corrected chi connectivity index (χ0v) is 33.7. The molecule has 54 heavy (non-hydrogen) atoms. The molecule has 7 N–H and O–H groups in total. The standard InChI is InChI=1S/C34H45F2N5O5.C3H8O.2C2H6/c1-34(2,3)31(41(30(43)21-42)16-14-27(38)32(44)39-28(33(45)46)11-7-8-15-37)29-17-23(25-18-24(35)12-13-26(25)36)20-40(29)19-22-9-5-4-6-10-22;1-3-4-2;2*1-2/h4-6,9-10,12-13,17-18,20,27-28,31,42H,7-8,11,14-16,19,21,37-38H2,1-3H3,(H,39,44)(H,45,46);3H2,1-2H3;2*1-2H3. The molecular weight excluding hydrogens is 696 g/mol. The second-order valence-corrected chi connectivity index (χ2v) is 13.1. The summed E-state index contributed by atoms with van der Waals surface area (Å²) in [5, 5.41) is 22.0. The highest BCUT2D eigenvalue weighted by Crippen LogP contribution is 2.41. The molecule has 2 amide bonds. The first-order chi connectivity index (χ1) is 25.7. The van der Waals surface area contributed by atoms with Crippen LogP contribution in [0.2, 0.25) is 0 Å². The number of nitrogens with two attached hydrogens (primary N) is 2. The fraction of sp³-hybridized carbons (Fsp3) is 0.537. The molecule has 0 aliphatic heterocycles. The molecule has 1 heterocycles. The number of ether oxygens (including phenoxy) is 1. The smallest absolute Gasteiger partial charge is 0.326 e. The number of hydrogen-bond donors (Lipinski definition) is 5. The SMILES string of the molecule is CC.CC.CC(C)(C)C(c1cc(-c2cc(F)ccc2F)cn1Cc1ccccc1)N(CCC(N)C(=O)NC(CCCCN)C(=O)O)C(=O)CO.CCOC. The maximum atomic E-state index is 14.9. The van der Waals surface area contributed by atoms with E-state index in [9.17, 15) is 33.4 Å². The fourth-order valence-corrected chi connectivity index (χ4v) is 5.54. The summed E-state index contributed by atoms with van der Waals surface area (Å²) in [5.74, 6) is -3.70. The molecule has 0 aliphatic rings. The van der Waals surface area contributed by atoms with Crippen LogP contribution in [-0.2, 0) is 25.7 Å². The molecule has 0 saturated heterocycles. The number of amides is 2. The summed E-state index contributed by atoms with van der Waals surface area (Å²) in [6, 6.07) is 11.4. The van der Waals surface area contributed by atoms with Gasteiger partial charge in [0.05, 0.1) is 12.1 Å². The van der Waals surface area contributed by atoms with Gasteiger partial charge in [-0.3, -0.25) is 9.59 Å². The number of aromatic nitrogens is 1. The number of carboxylic acids is 1. The molecular formula is C41H65F2N5O6. The Morgan fingerprint density at radius 1 is 0.981 bits per heavy atom. The van der Waals surface area contributed by atoms with Crippen molar-refractivity contribution in [1.29, 1.82) is 0 Å². The summed E-state index contributed by atoms with van der Waals surface area (Å²) in [7, 11) is 1.68. The molecule has 304 valence electrons. The number of aliphatic hydroxyl groups is 1. The van der Waals surface area contributed by atoms with Gasteiger partial charge in [-0.15, -0.1) is 0 Å². The Kier molecular flexibility index (Phi) is 24.5.